The molecule has 0 fully saturated rings. The summed E-state index contributed by atoms with van der Waals surface area (Å²) in [5.41, 5.74) is 6.65. The Hall–Kier alpha value is -3.81. The fourth-order valence-electron chi connectivity index (χ4n) is 3.14. The van der Waals surface area contributed by atoms with Crippen LogP contribution >= 0.6 is 0 Å². The maximum atomic E-state index is 12.7. The second kappa shape index (κ2) is 9.34. The van der Waals surface area contributed by atoms with Crippen LogP contribution in [0.4, 0.5) is 11.5 Å². The highest BCUT2D eigenvalue weighted by atomic mass is 16.5. The molecule has 0 aliphatic rings. The summed E-state index contributed by atoms with van der Waals surface area (Å²) in [5, 5.41) is 0. The second-order valence-corrected chi connectivity index (χ2v) is 7.53. The van der Waals surface area contributed by atoms with Crippen LogP contribution < -0.4 is 26.6 Å². The molecule has 162 valence electrons. The summed E-state index contributed by atoms with van der Waals surface area (Å²) >= 11 is 0. The van der Waals surface area contributed by atoms with Crippen molar-refractivity contribution in [3.8, 4) is 5.75 Å². The Morgan fingerprint density at radius 1 is 1.10 bits per heavy atom. The van der Waals surface area contributed by atoms with Crippen molar-refractivity contribution in [1.82, 2.24) is 9.55 Å². The number of likely N-dealkylation sites (N-methyl/N-ethyl adjacent to an activating group) is 1. The van der Waals surface area contributed by atoms with Gasteiger partial charge in [-0.3, -0.25) is 19.1 Å². The summed E-state index contributed by atoms with van der Waals surface area (Å²) in [6, 6.07) is 16.7. The van der Waals surface area contributed by atoms with E-state index in [0.717, 1.165) is 16.0 Å². The van der Waals surface area contributed by atoms with Crippen molar-refractivity contribution in [2.24, 2.45) is 0 Å². The SMILES string of the molecule is CC(C)c1ccc(OCC(=O)N(C)c2c(N)n(Cc3ccccc3)c(=O)[nH]c2=O)cc1. The molecule has 0 saturated carbocycles. The van der Waals surface area contributed by atoms with Crippen molar-refractivity contribution >= 4 is 17.4 Å². The monoisotopic (exact) mass is 422 g/mol. The highest BCUT2D eigenvalue weighted by molar-refractivity contribution is 5.96. The number of benzene rings is 2. The normalized spacial score (nSPS) is 10.8. The van der Waals surface area contributed by atoms with Crippen molar-refractivity contribution in [3.63, 3.8) is 0 Å². The fraction of sp³-hybridized carbons (Fsp3) is 0.261. The highest BCUT2D eigenvalue weighted by Gasteiger charge is 2.21. The molecule has 1 amide bonds. The lowest BCUT2D eigenvalue weighted by molar-refractivity contribution is -0.120. The summed E-state index contributed by atoms with van der Waals surface area (Å²) in [5.74, 6) is 0.370. The van der Waals surface area contributed by atoms with Gasteiger partial charge in [0.05, 0.1) is 6.54 Å². The molecule has 1 aromatic heterocycles. The molecule has 31 heavy (non-hydrogen) atoms. The molecule has 0 aliphatic carbocycles. The number of nitrogens with one attached hydrogen (secondary N) is 1. The van der Waals surface area contributed by atoms with Crippen molar-refractivity contribution < 1.29 is 9.53 Å². The molecule has 1 heterocycles. The van der Waals surface area contributed by atoms with Gasteiger partial charge in [-0.1, -0.05) is 56.3 Å². The van der Waals surface area contributed by atoms with Gasteiger partial charge in [0.2, 0.25) is 0 Å². The number of aromatic nitrogens is 2. The maximum Gasteiger partial charge on any atom is 0.330 e. The summed E-state index contributed by atoms with van der Waals surface area (Å²) in [6.07, 6.45) is 0. The average molecular weight is 422 g/mol. The topological polar surface area (TPSA) is 110 Å². The molecule has 0 bridgehead atoms. The van der Waals surface area contributed by atoms with E-state index >= 15 is 0 Å². The number of carbonyl (C=O) groups is 1. The number of ether oxygens (including phenoxy) is 1. The molecular weight excluding hydrogens is 396 g/mol. The number of amides is 1. The molecule has 0 radical (unpaired) electrons. The number of carbonyl (C=O) groups excluding carboxylic acids is 1. The van der Waals surface area contributed by atoms with Gasteiger partial charge >= 0.3 is 5.69 Å². The van der Waals surface area contributed by atoms with Crippen LogP contribution in [0.15, 0.2) is 64.2 Å². The Bertz CT molecular complexity index is 1160. The van der Waals surface area contributed by atoms with Crippen LogP contribution in [-0.4, -0.2) is 29.1 Å². The van der Waals surface area contributed by atoms with Crippen molar-refractivity contribution in [2.45, 2.75) is 26.3 Å². The van der Waals surface area contributed by atoms with Gasteiger partial charge in [0.1, 0.15) is 11.6 Å². The van der Waals surface area contributed by atoms with Gasteiger partial charge in [-0.2, -0.15) is 0 Å². The minimum absolute atomic E-state index is 0.0882. The van der Waals surface area contributed by atoms with Gasteiger partial charge in [-0.05, 0) is 29.2 Å². The van der Waals surface area contributed by atoms with Gasteiger partial charge in [-0.25, -0.2) is 4.79 Å². The first kappa shape index (κ1) is 21.9. The van der Waals surface area contributed by atoms with Gasteiger partial charge in [0.25, 0.3) is 11.5 Å². The van der Waals surface area contributed by atoms with E-state index < -0.39 is 17.2 Å². The Labute approximate surface area is 179 Å². The van der Waals surface area contributed by atoms with Crippen molar-refractivity contribution in [1.29, 1.82) is 0 Å². The van der Waals surface area contributed by atoms with Gasteiger partial charge in [0, 0.05) is 7.05 Å². The van der Waals surface area contributed by atoms with E-state index in [9.17, 15) is 14.4 Å². The molecule has 0 saturated heterocycles. The summed E-state index contributed by atoms with van der Waals surface area (Å²) in [6.45, 7) is 4.06. The molecular formula is C23H26N4O4. The molecule has 0 atom stereocenters. The molecule has 3 N–H and O–H groups in total. The van der Waals surface area contributed by atoms with E-state index in [4.69, 9.17) is 10.5 Å². The number of rotatable bonds is 7. The van der Waals surface area contributed by atoms with Gasteiger partial charge < -0.3 is 15.4 Å². The minimum atomic E-state index is -0.732. The Morgan fingerprint density at radius 2 is 1.74 bits per heavy atom. The molecule has 0 aliphatic heterocycles. The first-order chi connectivity index (χ1) is 14.8. The third-order valence-corrected chi connectivity index (χ3v) is 5.02. The quantitative estimate of drug-likeness (QED) is 0.607. The largest absolute Gasteiger partial charge is 0.484 e. The smallest absolute Gasteiger partial charge is 0.330 e. The van der Waals surface area contributed by atoms with Crippen LogP contribution in [0.1, 0.15) is 30.9 Å². The van der Waals surface area contributed by atoms with Crippen LogP contribution in [0.5, 0.6) is 5.75 Å². The molecule has 0 unspecified atom stereocenters. The lowest BCUT2D eigenvalue weighted by Gasteiger charge is -2.20. The van der Waals surface area contributed by atoms with Crippen LogP contribution in [0.3, 0.4) is 0 Å². The number of aromatic amines is 1. The lowest BCUT2D eigenvalue weighted by Crippen LogP contribution is -2.41. The van der Waals surface area contributed by atoms with Crippen LogP contribution in [-0.2, 0) is 11.3 Å². The van der Waals surface area contributed by atoms with Crippen molar-refractivity contribution in [2.75, 3.05) is 24.3 Å². The van der Waals surface area contributed by atoms with Gasteiger partial charge in [0.15, 0.2) is 12.3 Å². The number of nitrogen functional groups attached to an aromatic ring is 1. The van der Waals surface area contributed by atoms with E-state index in [1.54, 1.807) is 12.1 Å². The summed E-state index contributed by atoms with van der Waals surface area (Å²) in [4.78, 5) is 40.7. The molecule has 0 spiro atoms. The Kier molecular flexibility index (Phi) is 6.59. The molecule has 8 heteroatoms. The zero-order valence-corrected chi connectivity index (χ0v) is 17.8. The average Bonchev–Trinajstić information content (AvgIpc) is 2.75. The first-order valence-corrected chi connectivity index (χ1v) is 9.93. The molecule has 3 rings (SSSR count). The van der Waals surface area contributed by atoms with E-state index in [0.29, 0.717) is 11.7 Å². The predicted molar refractivity (Wildman–Crippen MR) is 121 cm³/mol. The van der Waals surface area contributed by atoms with E-state index in [-0.39, 0.29) is 24.7 Å². The van der Waals surface area contributed by atoms with Crippen LogP contribution in [0.2, 0.25) is 0 Å². The first-order valence-electron chi connectivity index (χ1n) is 9.93. The van der Waals surface area contributed by atoms with Gasteiger partial charge in [-0.15, -0.1) is 0 Å². The number of anilines is 2. The number of hydrogen-bond donors (Lipinski definition) is 2. The highest BCUT2D eigenvalue weighted by Crippen LogP contribution is 2.20. The number of nitrogens with two attached hydrogens (primary N) is 1. The zero-order chi connectivity index (χ0) is 22.5. The number of H-pyrrole nitrogens is 1. The third kappa shape index (κ3) is 5.03. The molecule has 2 aromatic carbocycles. The number of nitrogens with zero attached hydrogens (tertiary/aromatic N) is 2. The molecule has 3 aromatic rings. The van der Waals surface area contributed by atoms with E-state index in [1.165, 1.54) is 11.6 Å². The van der Waals surface area contributed by atoms with E-state index in [1.807, 2.05) is 42.5 Å². The van der Waals surface area contributed by atoms with Crippen molar-refractivity contribution in [3.05, 3.63) is 86.6 Å². The Morgan fingerprint density at radius 3 is 2.35 bits per heavy atom. The summed E-state index contributed by atoms with van der Waals surface area (Å²) < 4.78 is 6.79. The second-order valence-electron chi connectivity index (χ2n) is 7.53. The van der Waals surface area contributed by atoms with Crippen LogP contribution in [0, 0.1) is 0 Å². The Balaban J connectivity index is 1.79. The zero-order valence-electron chi connectivity index (χ0n) is 17.8. The van der Waals surface area contributed by atoms with Crippen LogP contribution in [0.25, 0.3) is 0 Å². The summed E-state index contributed by atoms with van der Waals surface area (Å²) in [7, 11) is 1.42. The minimum Gasteiger partial charge on any atom is -0.484 e. The third-order valence-electron chi connectivity index (χ3n) is 5.02. The fourth-order valence-corrected chi connectivity index (χ4v) is 3.14. The lowest BCUT2D eigenvalue weighted by atomic mass is 10.0. The van der Waals surface area contributed by atoms with E-state index in [2.05, 4.69) is 18.8 Å². The molecule has 8 nitrogen and oxygen atoms in total. The number of hydrogen-bond acceptors (Lipinski definition) is 5. The maximum absolute atomic E-state index is 12.7. The predicted octanol–water partition coefficient (Wildman–Crippen LogP) is 2.33. The standard InChI is InChI=1S/C23H26N4O4/c1-15(2)17-9-11-18(12-10-17)31-14-19(28)26(3)20-21(24)27(23(30)25-22(20)29)13-16-7-5-4-6-8-16/h4-12,15H,13-14,24H2,1-3H3,(H,25,29,30).